The van der Waals surface area contributed by atoms with E-state index in [-0.39, 0.29) is 5.97 Å². The molecule has 152 valence electrons. The number of esters is 1. The van der Waals surface area contributed by atoms with Crippen molar-refractivity contribution in [1.82, 2.24) is 19.7 Å². The molecule has 2 heterocycles. The summed E-state index contributed by atoms with van der Waals surface area (Å²) in [7, 11) is 3.35. The van der Waals surface area contributed by atoms with Gasteiger partial charge in [-0.3, -0.25) is 4.98 Å². The number of hydrogen-bond acceptors (Lipinski definition) is 6. The molecule has 4 aromatic rings. The van der Waals surface area contributed by atoms with E-state index in [9.17, 15) is 4.79 Å². The molecule has 30 heavy (non-hydrogen) atoms. The monoisotopic (exact) mass is 418 g/mol. The third-order valence-electron chi connectivity index (χ3n) is 5.08. The van der Waals surface area contributed by atoms with Crippen molar-refractivity contribution in [2.24, 2.45) is 7.05 Å². The van der Waals surface area contributed by atoms with Gasteiger partial charge < -0.3 is 9.30 Å². The highest BCUT2D eigenvalue weighted by Gasteiger charge is 2.20. The van der Waals surface area contributed by atoms with Crippen molar-refractivity contribution in [2.45, 2.75) is 24.3 Å². The number of ether oxygens (including phenoxy) is 1. The molecule has 0 unspecified atom stereocenters. The Morgan fingerprint density at radius 3 is 2.57 bits per heavy atom. The lowest BCUT2D eigenvalue weighted by atomic mass is 10.0. The van der Waals surface area contributed by atoms with Crippen molar-refractivity contribution >= 4 is 28.6 Å². The Labute approximate surface area is 179 Å². The lowest BCUT2D eigenvalue weighted by Crippen LogP contribution is -2.10. The van der Waals surface area contributed by atoms with E-state index in [1.54, 1.807) is 0 Å². The summed E-state index contributed by atoms with van der Waals surface area (Å²) in [5.41, 5.74) is 4.14. The van der Waals surface area contributed by atoms with Crippen molar-refractivity contribution in [3.8, 4) is 0 Å². The molecule has 0 radical (unpaired) electrons. The van der Waals surface area contributed by atoms with Gasteiger partial charge in [0.05, 0.1) is 23.9 Å². The first kappa shape index (κ1) is 20.1. The summed E-state index contributed by atoms with van der Waals surface area (Å²) >= 11 is 1.51. The van der Waals surface area contributed by atoms with E-state index in [4.69, 9.17) is 9.72 Å². The van der Waals surface area contributed by atoms with Crippen molar-refractivity contribution < 1.29 is 9.53 Å². The van der Waals surface area contributed by atoms with Gasteiger partial charge in [-0.1, -0.05) is 60.3 Å². The maximum atomic E-state index is 12.5. The molecular formula is C23H22N4O2S. The minimum absolute atomic E-state index is 0.371. The predicted octanol–water partition coefficient (Wildman–Crippen LogP) is 4.34. The number of pyridine rings is 1. The minimum Gasteiger partial charge on any atom is -0.465 e. The van der Waals surface area contributed by atoms with Gasteiger partial charge in [-0.2, -0.15) is 0 Å². The number of hydrogen-bond donors (Lipinski definition) is 0. The van der Waals surface area contributed by atoms with Crippen LogP contribution in [0.25, 0.3) is 10.9 Å². The molecule has 7 heteroatoms. The Morgan fingerprint density at radius 1 is 1.07 bits per heavy atom. The molecule has 2 aromatic carbocycles. The standard InChI is InChI=1S/C23H22N4O2S/c1-15-17-11-7-8-12-18(17)24-19(21(15)22(28)29-3)14-30-23-26-25-20(27(23)2)13-16-9-5-4-6-10-16/h4-12H,13-14H2,1-3H3. The summed E-state index contributed by atoms with van der Waals surface area (Å²) < 4.78 is 7.02. The molecule has 0 aliphatic heterocycles. The van der Waals surface area contributed by atoms with Crippen LogP contribution in [0.3, 0.4) is 0 Å². The number of thioether (sulfide) groups is 1. The van der Waals surface area contributed by atoms with Crippen molar-refractivity contribution in [1.29, 1.82) is 0 Å². The maximum absolute atomic E-state index is 12.5. The first-order chi connectivity index (χ1) is 14.6. The van der Waals surface area contributed by atoms with Crippen molar-refractivity contribution in [2.75, 3.05) is 7.11 Å². The fourth-order valence-electron chi connectivity index (χ4n) is 3.45. The molecule has 0 saturated heterocycles. The predicted molar refractivity (Wildman–Crippen MR) is 118 cm³/mol. The molecule has 2 aromatic heterocycles. The minimum atomic E-state index is -0.371. The molecular weight excluding hydrogens is 396 g/mol. The van der Waals surface area contributed by atoms with Crippen LogP contribution in [0.1, 0.15) is 33.0 Å². The fraction of sp³-hybridized carbons (Fsp3) is 0.217. The number of aryl methyl sites for hydroxylation is 1. The Morgan fingerprint density at radius 2 is 1.80 bits per heavy atom. The average molecular weight is 419 g/mol. The van der Waals surface area contributed by atoms with Gasteiger partial charge >= 0.3 is 5.97 Å². The number of aromatic nitrogens is 4. The Hall–Kier alpha value is -3.19. The van der Waals surface area contributed by atoms with E-state index in [1.165, 1.54) is 24.4 Å². The summed E-state index contributed by atoms with van der Waals surface area (Å²) in [6, 6.07) is 18.0. The number of para-hydroxylation sites is 1. The van der Waals surface area contributed by atoms with Crippen molar-refractivity contribution in [3.05, 3.63) is 82.8 Å². The molecule has 0 fully saturated rings. The third kappa shape index (κ3) is 3.93. The van der Waals surface area contributed by atoms with Gasteiger partial charge in [0.15, 0.2) is 5.16 Å². The first-order valence-corrected chi connectivity index (χ1v) is 10.6. The highest BCUT2D eigenvalue weighted by molar-refractivity contribution is 7.98. The fourth-order valence-corrected chi connectivity index (χ4v) is 4.33. The molecule has 0 amide bonds. The second-order valence-corrected chi connectivity index (χ2v) is 7.92. The summed E-state index contributed by atoms with van der Waals surface area (Å²) in [4.78, 5) is 17.2. The van der Waals surface area contributed by atoms with Crippen molar-refractivity contribution in [3.63, 3.8) is 0 Å². The van der Waals surface area contributed by atoms with Crippen LogP contribution in [0, 0.1) is 6.92 Å². The number of nitrogens with zero attached hydrogens (tertiary/aromatic N) is 4. The molecule has 0 aliphatic rings. The first-order valence-electron chi connectivity index (χ1n) is 9.60. The summed E-state index contributed by atoms with van der Waals surface area (Å²) in [5.74, 6) is 1.01. The third-order valence-corrected chi connectivity index (χ3v) is 6.12. The molecule has 0 spiro atoms. The zero-order valence-electron chi connectivity index (χ0n) is 17.1. The summed E-state index contributed by atoms with van der Waals surface area (Å²) in [6.07, 6.45) is 0.714. The highest BCUT2D eigenvalue weighted by atomic mass is 32.2. The van der Waals surface area contributed by atoms with Crippen LogP contribution in [0.2, 0.25) is 0 Å². The van der Waals surface area contributed by atoms with Gasteiger partial charge in [-0.25, -0.2) is 4.79 Å². The number of methoxy groups -OCH3 is 1. The molecule has 0 bridgehead atoms. The maximum Gasteiger partial charge on any atom is 0.340 e. The summed E-state index contributed by atoms with van der Waals surface area (Å²) in [5, 5.41) is 10.4. The van der Waals surface area contributed by atoms with Crippen LogP contribution in [0.5, 0.6) is 0 Å². The van der Waals surface area contributed by atoms with Crippen LogP contribution < -0.4 is 0 Å². The second-order valence-electron chi connectivity index (χ2n) is 6.98. The Balaban J connectivity index is 1.62. The lowest BCUT2D eigenvalue weighted by Gasteiger charge is -2.13. The van der Waals surface area contributed by atoms with E-state index >= 15 is 0 Å². The number of fused-ring (bicyclic) bond motifs is 1. The van der Waals surface area contributed by atoms with Crippen LogP contribution in [-0.4, -0.2) is 32.8 Å². The normalized spacial score (nSPS) is 11.0. The quantitative estimate of drug-likeness (QED) is 0.343. The van der Waals surface area contributed by atoms with Crippen LogP contribution in [0.15, 0.2) is 59.8 Å². The van der Waals surface area contributed by atoms with Gasteiger partial charge in [0.2, 0.25) is 0 Å². The zero-order chi connectivity index (χ0) is 21.1. The molecule has 0 atom stereocenters. The van der Waals surface area contributed by atoms with E-state index in [0.717, 1.165) is 27.4 Å². The van der Waals surface area contributed by atoms with Gasteiger partial charge in [-0.05, 0) is 24.1 Å². The van der Waals surface area contributed by atoms with E-state index in [2.05, 4.69) is 22.3 Å². The SMILES string of the molecule is COC(=O)c1c(CSc2nnc(Cc3ccccc3)n2C)nc2ccccc2c1C. The molecule has 0 aliphatic carbocycles. The van der Waals surface area contributed by atoms with Gasteiger partial charge in [0.1, 0.15) is 5.82 Å². The van der Waals surface area contributed by atoms with E-state index < -0.39 is 0 Å². The Bertz CT molecular complexity index is 1200. The summed E-state index contributed by atoms with van der Waals surface area (Å²) in [6.45, 7) is 1.94. The number of carbonyl (C=O) groups excluding carboxylic acids is 1. The van der Waals surface area contributed by atoms with Crippen LogP contribution in [-0.2, 0) is 24.0 Å². The number of carbonyl (C=O) groups is 1. The topological polar surface area (TPSA) is 69.9 Å². The second kappa shape index (κ2) is 8.67. The van der Waals surface area contributed by atoms with Gasteiger partial charge in [0, 0.05) is 24.6 Å². The molecule has 0 N–H and O–H groups in total. The van der Waals surface area contributed by atoms with Gasteiger partial charge in [-0.15, -0.1) is 10.2 Å². The number of benzene rings is 2. The number of rotatable bonds is 6. The van der Waals surface area contributed by atoms with Crippen LogP contribution in [0.4, 0.5) is 0 Å². The Kier molecular flexibility index (Phi) is 5.81. The molecule has 4 rings (SSSR count). The molecule has 0 saturated carbocycles. The van der Waals surface area contributed by atoms with Crippen LogP contribution >= 0.6 is 11.8 Å². The van der Waals surface area contributed by atoms with Gasteiger partial charge in [0.25, 0.3) is 0 Å². The largest absolute Gasteiger partial charge is 0.465 e. The zero-order valence-corrected chi connectivity index (χ0v) is 17.9. The molecule has 6 nitrogen and oxygen atoms in total. The van der Waals surface area contributed by atoms with E-state index in [0.29, 0.717) is 23.4 Å². The van der Waals surface area contributed by atoms with E-state index in [1.807, 2.05) is 61.0 Å². The lowest BCUT2D eigenvalue weighted by molar-refractivity contribution is 0.0598. The highest BCUT2D eigenvalue weighted by Crippen LogP contribution is 2.28. The smallest absolute Gasteiger partial charge is 0.340 e. The average Bonchev–Trinajstić information content (AvgIpc) is 3.12.